The lowest BCUT2D eigenvalue weighted by Gasteiger charge is -2.06. The van der Waals surface area contributed by atoms with Crippen molar-refractivity contribution < 1.29 is 13.7 Å². The normalized spacial score (nSPS) is 11.0. The van der Waals surface area contributed by atoms with Gasteiger partial charge in [-0.2, -0.15) is 0 Å². The third-order valence-corrected chi connectivity index (χ3v) is 3.88. The molecule has 0 aromatic carbocycles. The molecule has 0 unspecified atom stereocenters. The number of furan rings is 1. The summed E-state index contributed by atoms with van der Waals surface area (Å²) in [5, 5.41) is 6.56. The van der Waals surface area contributed by atoms with Crippen molar-refractivity contribution in [2.75, 3.05) is 6.54 Å². The number of nitrogens with zero attached hydrogens (tertiary/aromatic N) is 3. The van der Waals surface area contributed by atoms with Crippen molar-refractivity contribution in [2.45, 2.75) is 6.54 Å². The van der Waals surface area contributed by atoms with Gasteiger partial charge in [0.15, 0.2) is 11.5 Å². The number of aromatic nitrogens is 4. The summed E-state index contributed by atoms with van der Waals surface area (Å²) in [6, 6.07) is 7.98. The van der Waals surface area contributed by atoms with Crippen molar-refractivity contribution in [1.29, 1.82) is 0 Å². The van der Waals surface area contributed by atoms with E-state index in [9.17, 15) is 14.4 Å². The first-order valence-corrected chi connectivity index (χ1v) is 8.00. The minimum atomic E-state index is -0.595. The minimum Gasteiger partial charge on any atom is -0.461 e. The second kappa shape index (κ2) is 6.75. The number of nitrogens with one attached hydrogen (secondary N) is 2. The monoisotopic (exact) mass is 367 g/mol. The minimum absolute atomic E-state index is 0.00632. The number of fused-ring (bicyclic) bond motifs is 1. The van der Waals surface area contributed by atoms with Crippen LogP contribution in [0.5, 0.6) is 0 Å². The van der Waals surface area contributed by atoms with Crippen molar-refractivity contribution in [1.82, 2.24) is 25.0 Å². The van der Waals surface area contributed by atoms with Gasteiger partial charge in [-0.3, -0.25) is 19.1 Å². The Morgan fingerprint density at radius 3 is 2.93 bits per heavy atom. The molecule has 4 heterocycles. The van der Waals surface area contributed by atoms with E-state index in [2.05, 4.69) is 20.4 Å². The standard InChI is InChI=1S/C17H13N5O5/c23-15(11-9-13(27-21-11)12-4-2-8-26-12)19-6-7-22-16(24)10-3-1-5-18-14(10)20-17(22)25/h1-5,8-9H,6-7H2,(H,19,23)(H,18,20,25). The Bertz CT molecular complexity index is 1220. The van der Waals surface area contributed by atoms with Gasteiger partial charge in [-0.05, 0) is 24.3 Å². The van der Waals surface area contributed by atoms with Crippen LogP contribution in [0.25, 0.3) is 22.6 Å². The molecule has 0 aliphatic heterocycles. The van der Waals surface area contributed by atoms with Crippen LogP contribution < -0.4 is 16.6 Å². The molecule has 0 aliphatic rings. The number of rotatable bonds is 5. The number of pyridine rings is 1. The number of hydrogen-bond donors (Lipinski definition) is 2. The van der Waals surface area contributed by atoms with E-state index in [-0.39, 0.29) is 24.4 Å². The van der Waals surface area contributed by atoms with Gasteiger partial charge in [0, 0.05) is 25.4 Å². The quantitative estimate of drug-likeness (QED) is 0.531. The predicted molar refractivity (Wildman–Crippen MR) is 93.2 cm³/mol. The number of aromatic amines is 1. The van der Waals surface area contributed by atoms with Crippen molar-refractivity contribution in [3.05, 3.63) is 69.3 Å². The fourth-order valence-electron chi connectivity index (χ4n) is 2.58. The van der Waals surface area contributed by atoms with E-state index in [1.807, 2.05) is 0 Å². The zero-order valence-electron chi connectivity index (χ0n) is 13.8. The SMILES string of the molecule is O=C(NCCn1c(=O)[nH]c2ncccc2c1=O)c1cc(-c2ccco2)on1. The van der Waals surface area contributed by atoms with Gasteiger partial charge >= 0.3 is 5.69 Å². The molecule has 1 amide bonds. The highest BCUT2D eigenvalue weighted by atomic mass is 16.5. The Morgan fingerprint density at radius 2 is 2.11 bits per heavy atom. The van der Waals surface area contributed by atoms with Crippen molar-refractivity contribution in [3.8, 4) is 11.5 Å². The molecule has 0 saturated carbocycles. The molecular weight excluding hydrogens is 354 g/mol. The molecule has 0 aliphatic carbocycles. The van der Waals surface area contributed by atoms with E-state index in [0.717, 1.165) is 4.57 Å². The Hall–Kier alpha value is -3.95. The van der Waals surface area contributed by atoms with Gasteiger partial charge in [0.25, 0.3) is 11.5 Å². The fraction of sp³-hybridized carbons (Fsp3) is 0.118. The number of carbonyl (C=O) groups is 1. The van der Waals surface area contributed by atoms with Crippen LogP contribution in [0.4, 0.5) is 0 Å². The van der Waals surface area contributed by atoms with Gasteiger partial charge in [0.2, 0.25) is 5.76 Å². The molecule has 0 atom stereocenters. The van der Waals surface area contributed by atoms with E-state index in [4.69, 9.17) is 8.94 Å². The molecule has 27 heavy (non-hydrogen) atoms. The van der Waals surface area contributed by atoms with Gasteiger partial charge in [0.05, 0.1) is 11.6 Å². The van der Waals surface area contributed by atoms with E-state index < -0.39 is 17.2 Å². The summed E-state index contributed by atoms with van der Waals surface area (Å²) in [5.74, 6) is 0.271. The van der Waals surface area contributed by atoms with E-state index in [1.54, 1.807) is 24.3 Å². The average Bonchev–Trinajstić information content (AvgIpc) is 3.35. The Balaban J connectivity index is 1.46. The smallest absolute Gasteiger partial charge is 0.330 e. The van der Waals surface area contributed by atoms with Crippen LogP contribution in [0.1, 0.15) is 10.5 Å². The lowest BCUT2D eigenvalue weighted by Crippen LogP contribution is -2.39. The first-order chi connectivity index (χ1) is 13.1. The summed E-state index contributed by atoms with van der Waals surface area (Å²) in [6.07, 6.45) is 2.96. The van der Waals surface area contributed by atoms with Crippen molar-refractivity contribution in [2.24, 2.45) is 0 Å². The van der Waals surface area contributed by atoms with Gasteiger partial charge < -0.3 is 14.3 Å². The number of hydrogen-bond acceptors (Lipinski definition) is 7. The third kappa shape index (κ3) is 3.15. The largest absolute Gasteiger partial charge is 0.461 e. The number of H-pyrrole nitrogens is 1. The van der Waals surface area contributed by atoms with Gasteiger partial charge in [-0.15, -0.1) is 0 Å². The van der Waals surface area contributed by atoms with E-state index >= 15 is 0 Å². The molecule has 4 rings (SSSR count). The highest BCUT2D eigenvalue weighted by Crippen LogP contribution is 2.20. The van der Waals surface area contributed by atoms with E-state index in [1.165, 1.54) is 18.5 Å². The summed E-state index contributed by atoms with van der Waals surface area (Å²) in [5.41, 5.74) is -0.786. The summed E-state index contributed by atoms with van der Waals surface area (Å²) < 4.78 is 11.2. The number of carbonyl (C=O) groups excluding carboxylic acids is 1. The second-order valence-corrected chi connectivity index (χ2v) is 5.60. The van der Waals surface area contributed by atoms with Gasteiger partial charge in [0.1, 0.15) is 5.65 Å². The average molecular weight is 367 g/mol. The van der Waals surface area contributed by atoms with Crippen LogP contribution in [0, 0.1) is 0 Å². The third-order valence-electron chi connectivity index (χ3n) is 3.88. The Morgan fingerprint density at radius 1 is 1.22 bits per heavy atom. The molecule has 10 nitrogen and oxygen atoms in total. The molecule has 0 radical (unpaired) electrons. The lowest BCUT2D eigenvalue weighted by molar-refractivity contribution is 0.0943. The van der Waals surface area contributed by atoms with Gasteiger partial charge in [-0.1, -0.05) is 5.16 Å². The molecular formula is C17H13N5O5. The highest BCUT2D eigenvalue weighted by molar-refractivity contribution is 5.92. The summed E-state index contributed by atoms with van der Waals surface area (Å²) >= 11 is 0. The lowest BCUT2D eigenvalue weighted by atomic mass is 10.3. The van der Waals surface area contributed by atoms with Crippen LogP contribution in [-0.2, 0) is 6.54 Å². The van der Waals surface area contributed by atoms with Crippen LogP contribution in [0.15, 0.2) is 61.3 Å². The van der Waals surface area contributed by atoms with E-state index in [0.29, 0.717) is 16.9 Å². The molecule has 4 aromatic heterocycles. The topological polar surface area (TPSA) is 136 Å². The molecule has 136 valence electrons. The predicted octanol–water partition coefficient (Wildman–Crippen LogP) is 0.763. The fourth-order valence-corrected chi connectivity index (χ4v) is 2.58. The number of amides is 1. The molecule has 0 spiro atoms. The first kappa shape index (κ1) is 16.5. The Kier molecular flexibility index (Phi) is 4.13. The van der Waals surface area contributed by atoms with Crippen LogP contribution >= 0.6 is 0 Å². The zero-order valence-corrected chi connectivity index (χ0v) is 13.8. The first-order valence-electron chi connectivity index (χ1n) is 8.00. The van der Waals surface area contributed by atoms with Crippen molar-refractivity contribution >= 4 is 16.9 Å². The molecule has 0 saturated heterocycles. The highest BCUT2D eigenvalue weighted by Gasteiger charge is 2.15. The maximum absolute atomic E-state index is 12.4. The van der Waals surface area contributed by atoms with Crippen LogP contribution in [0.3, 0.4) is 0 Å². The molecule has 0 fully saturated rings. The molecule has 0 bridgehead atoms. The van der Waals surface area contributed by atoms with Gasteiger partial charge in [-0.25, -0.2) is 9.78 Å². The van der Waals surface area contributed by atoms with Crippen LogP contribution in [0.2, 0.25) is 0 Å². The zero-order chi connectivity index (χ0) is 18.8. The molecule has 10 heteroatoms. The van der Waals surface area contributed by atoms with Crippen LogP contribution in [-0.4, -0.2) is 32.1 Å². The summed E-state index contributed by atoms with van der Waals surface area (Å²) in [6.45, 7) is 0.0458. The van der Waals surface area contributed by atoms with Crippen molar-refractivity contribution in [3.63, 3.8) is 0 Å². The summed E-state index contributed by atoms with van der Waals surface area (Å²) in [7, 11) is 0. The second-order valence-electron chi connectivity index (χ2n) is 5.60. The molecule has 4 aromatic rings. The summed E-state index contributed by atoms with van der Waals surface area (Å²) in [4.78, 5) is 43.1. The molecule has 2 N–H and O–H groups in total. The maximum atomic E-state index is 12.4. The Labute approximate surface area is 150 Å². The maximum Gasteiger partial charge on any atom is 0.330 e.